The van der Waals surface area contributed by atoms with Crippen molar-refractivity contribution < 1.29 is 4.74 Å². The third-order valence-electron chi connectivity index (χ3n) is 1.15. The van der Waals surface area contributed by atoms with E-state index in [0.717, 1.165) is 12.1 Å². The lowest BCUT2D eigenvalue weighted by molar-refractivity contribution is 0.315. The summed E-state index contributed by atoms with van der Waals surface area (Å²) in [6.07, 6.45) is 0.827. The average Bonchev–Trinajstić information content (AvgIpc) is 1.99. The largest absolute Gasteiger partial charge is 0.495 e. The van der Waals surface area contributed by atoms with E-state index in [-0.39, 0.29) is 0 Å². The minimum atomic E-state index is 0.622. The molecule has 0 aromatic heterocycles. The Balaban J connectivity index is 4.06. The van der Waals surface area contributed by atoms with Crippen LogP contribution in [0.1, 0.15) is 13.3 Å². The van der Waals surface area contributed by atoms with Crippen LogP contribution in [-0.4, -0.2) is 19.9 Å². The molecule has 58 valence electrons. The summed E-state index contributed by atoms with van der Waals surface area (Å²) in [5.74, 6) is 0.622. The molecule has 3 heteroatoms. The molecule has 0 unspecified atom stereocenters. The predicted molar refractivity (Wildman–Crippen MR) is 42.9 cm³/mol. The Bertz CT molecular complexity index is 141. The van der Waals surface area contributed by atoms with Crippen molar-refractivity contribution >= 4 is 5.71 Å². The fraction of sp³-hybridized carbons (Fsp3) is 0.571. The standard InChI is InChI=1S/C7H14N2O/c1-5-7(9-8-3)6(2)10-4/h8H,2,5H2,1,3-4H3/b9-7+. The van der Waals surface area contributed by atoms with Gasteiger partial charge in [0.15, 0.2) is 0 Å². The van der Waals surface area contributed by atoms with Gasteiger partial charge in [-0.05, 0) is 6.42 Å². The number of hydrazone groups is 1. The highest BCUT2D eigenvalue weighted by Crippen LogP contribution is 1.98. The first-order valence-electron chi connectivity index (χ1n) is 3.22. The van der Waals surface area contributed by atoms with Gasteiger partial charge < -0.3 is 10.2 Å². The summed E-state index contributed by atoms with van der Waals surface area (Å²) in [5, 5.41) is 3.96. The molecule has 0 aliphatic heterocycles. The molecule has 0 aliphatic rings. The number of rotatable bonds is 4. The molecule has 3 nitrogen and oxygen atoms in total. The highest BCUT2D eigenvalue weighted by molar-refractivity contribution is 5.97. The highest BCUT2D eigenvalue weighted by Gasteiger charge is 1.99. The van der Waals surface area contributed by atoms with Crippen LogP contribution in [0.15, 0.2) is 17.4 Å². The van der Waals surface area contributed by atoms with Crippen LogP contribution in [0.2, 0.25) is 0 Å². The number of nitrogens with zero attached hydrogens (tertiary/aromatic N) is 1. The van der Waals surface area contributed by atoms with Crippen LogP contribution >= 0.6 is 0 Å². The maximum atomic E-state index is 4.89. The lowest BCUT2D eigenvalue weighted by atomic mass is 10.3. The Morgan fingerprint density at radius 2 is 2.30 bits per heavy atom. The van der Waals surface area contributed by atoms with Crippen molar-refractivity contribution in [3.63, 3.8) is 0 Å². The summed E-state index contributed by atoms with van der Waals surface area (Å²) in [6, 6.07) is 0. The molecule has 0 bridgehead atoms. The Morgan fingerprint density at radius 3 is 2.60 bits per heavy atom. The number of nitrogens with one attached hydrogen (secondary N) is 1. The van der Waals surface area contributed by atoms with E-state index >= 15 is 0 Å². The fourth-order valence-corrected chi connectivity index (χ4v) is 0.591. The normalized spacial score (nSPS) is 10.9. The summed E-state index contributed by atoms with van der Waals surface area (Å²) in [5.41, 5.74) is 3.53. The van der Waals surface area contributed by atoms with E-state index in [4.69, 9.17) is 4.74 Å². The third kappa shape index (κ3) is 2.53. The molecular formula is C7H14N2O. The molecule has 0 heterocycles. The monoisotopic (exact) mass is 142 g/mol. The average molecular weight is 142 g/mol. The molecule has 0 saturated heterocycles. The van der Waals surface area contributed by atoms with Gasteiger partial charge in [-0.1, -0.05) is 13.5 Å². The van der Waals surface area contributed by atoms with Gasteiger partial charge in [-0.15, -0.1) is 0 Å². The molecule has 0 spiro atoms. The van der Waals surface area contributed by atoms with Crippen LogP contribution in [0.25, 0.3) is 0 Å². The number of methoxy groups -OCH3 is 1. The quantitative estimate of drug-likeness (QED) is 0.362. The minimum absolute atomic E-state index is 0.622. The molecule has 0 amide bonds. The number of ether oxygens (including phenoxy) is 1. The molecule has 0 atom stereocenters. The van der Waals surface area contributed by atoms with Gasteiger partial charge in [0.25, 0.3) is 0 Å². The highest BCUT2D eigenvalue weighted by atomic mass is 16.5. The zero-order valence-corrected chi connectivity index (χ0v) is 6.77. The van der Waals surface area contributed by atoms with Crippen molar-refractivity contribution in [2.75, 3.05) is 14.2 Å². The van der Waals surface area contributed by atoms with Gasteiger partial charge in [-0.25, -0.2) is 0 Å². The molecule has 0 radical (unpaired) electrons. The van der Waals surface area contributed by atoms with E-state index in [2.05, 4.69) is 17.1 Å². The molecule has 1 N–H and O–H groups in total. The third-order valence-corrected chi connectivity index (χ3v) is 1.15. The Kier molecular flexibility index (Phi) is 4.37. The molecule has 0 aromatic carbocycles. The second-order valence-corrected chi connectivity index (χ2v) is 1.76. The lowest BCUT2D eigenvalue weighted by Crippen LogP contribution is -2.07. The maximum absolute atomic E-state index is 4.89. The van der Waals surface area contributed by atoms with Crippen molar-refractivity contribution in [1.29, 1.82) is 0 Å². The second kappa shape index (κ2) is 4.85. The summed E-state index contributed by atoms with van der Waals surface area (Å²) in [4.78, 5) is 0. The maximum Gasteiger partial charge on any atom is 0.134 e. The first-order valence-corrected chi connectivity index (χ1v) is 3.22. The van der Waals surface area contributed by atoms with Crippen LogP contribution in [0.4, 0.5) is 0 Å². The van der Waals surface area contributed by atoms with E-state index < -0.39 is 0 Å². The van der Waals surface area contributed by atoms with Gasteiger partial charge >= 0.3 is 0 Å². The van der Waals surface area contributed by atoms with E-state index in [1.807, 2.05) is 6.92 Å². The molecule has 10 heavy (non-hydrogen) atoms. The molecule has 0 fully saturated rings. The zero-order valence-electron chi connectivity index (χ0n) is 6.77. The van der Waals surface area contributed by atoms with Gasteiger partial charge in [0.1, 0.15) is 11.5 Å². The van der Waals surface area contributed by atoms with E-state index in [1.165, 1.54) is 0 Å². The van der Waals surface area contributed by atoms with Crippen LogP contribution < -0.4 is 5.43 Å². The molecule has 0 aliphatic carbocycles. The Labute approximate surface area is 61.8 Å². The van der Waals surface area contributed by atoms with E-state index in [9.17, 15) is 0 Å². The molecule has 0 rings (SSSR count). The molecule has 0 aromatic rings. The fourth-order valence-electron chi connectivity index (χ4n) is 0.591. The van der Waals surface area contributed by atoms with E-state index in [0.29, 0.717) is 5.76 Å². The van der Waals surface area contributed by atoms with Gasteiger partial charge in [0.2, 0.25) is 0 Å². The van der Waals surface area contributed by atoms with Crippen molar-refractivity contribution in [3.05, 3.63) is 12.3 Å². The first kappa shape index (κ1) is 9.01. The van der Waals surface area contributed by atoms with Crippen LogP contribution in [0.3, 0.4) is 0 Å². The molecular weight excluding hydrogens is 128 g/mol. The number of hydrogen-bond donors (Lipinski definition) is 1. The lowest BCUT2D eigenvalue weighted by Gasteiger charge is -2.04. The van der Waals surface area contributed by atoms with E-state index in [1.54, 1.807) is 14.2 Å². The minimum Gasteiger partial charge on any atom is -0.495 e. The Morgan fingerprint density at radius 1 is 1.70 bits per heavy atom. The van der Waals surface area contributed by atoms with Crippen molar-refractivity contribution in [1.82, 2.24) is 5.43 Å². The number of hydrogen-bond acceptors (Lipinski definition) is 3. The predicted octanol–water partition coefficient (Wildman–Crippen LogP) is 1.13. The van der Waals surface area contributed by atoms with Crippen molar-refractivity contribution in [3.8, 4) is 0 Å². The summed E-state index contributed by atoms with van der Waals surface area (Å²) in [7, 11) is 3.34. The zero-order chi connectivity index (χ0) is 7.98. The van der Waals surface area contributed by atoms with Crippen LogP contribution in [0, 0.1) is 0 Å². The van der Waals surface area contributed by atoms with Crippen molar-refractivity contribution in [2.24, 2.45) is 5.10 Å². The van der Waals surface area contributed by atoms with Gasteiger partial charge in [0.05, 0.1) is 7.11 Å². The second-order valence-electron chi connectivity index (χ2n) is 1.76. The number of allylic oxidation sites excluding steroid dienone is 1. The van der Waals surface area contributed by atoms with Gasteiger partial charge in [-0.2, -0.15) is 5.10 Å². The Hall–Kier alpha value is -0.990. The molecule has 0 saturated carbocycles. The summed E-state index contributed by atoms with van der Waals surface area (Å²) in [6.45, 7) is 5.67. The first-order chi connectivity index (χ1) is 4.76. The van der Waals surface area contributed by atoms with Crippen LogP contribution in [0.5, 0.6) is 0 Å². The van der Waals surface area contributed by atoms with Gasteiger partial charge in [0, 0.05) is 7.05 Å². The van der Waals surface area contributed by atoms with Gasteiger partial charge in [-0.3, -0.25) is 0 Å². The SMILES string of the molecule is C=C(OC)/C(CC)=N/NC. The topological polar surface area (TPSA) is 33.6 Å². The smallest absolute Gasteiger partial charge is 0.134 e. The summed E-state index contributed by atoms with van der Waals surface area (Å²) < 4.78 is 4.89. The summed E-state index contributed by atoms with van der Waals surface area (Å²) >= 11 is 0. The van der Waals surface area contributed by atoms with Crippen molar-refractivity contribution in [2.45, 2.75) is 13.3 Å². The van der Waals surface area contributed by atoms with Crippen LogP contribution in [-0.2, 0) is 4.74 Å².